The van der Waals surface area contributed by atoms with E-state index >= 15 is 0 Å². The van der Waals surface area contributed by atoms with E-state index in [2.05, 4.69) is 4.98 Å². The van der Waals surface area contributed by atoms with Gasteiger partial charge in [-0.3, -0.25) is 0 Å². The molecular weight excluding hydrogens is 234 g/mol. The molecule has 0 aliphatic rings. The molecule has 1 heterocycles. The third kappa shape index (κ3) is 4.61. The maximum absolute atomic E-state index is 10.8. The van der Waals surface area contributed by atoms with E-state index in [1.54, 1.807) is 17.8 Å². The standard InChI is InChI=1S/C13H17NO2S/c1-4-11(13(15)16)5-6-17-12-8-9(2)7-10(3)14-12/h5,7-8H,4,6H2,1-3H3,(H,15,16)/b11-5-. The smallest absolute Gasteiger partial charge is 0.331 e. The molecule has 1 aromatic heterocycles. The minimum atomic E-state index is -0.832. The van der Waals surface area contributed by atoms with Crippen molar-refractivity contribution in [3.63, 3.8) is 0 Å². The zero-order chi connectivity index (χ0) is 12.8. The number of carbonyl (C=O) groups is 1. The predicted molar refractivity (Wildman–Crippen MR) is 70.4 cm³/mol. The number of carboxylic acids is 1. The van der Waals surface area contributed by atoms with Crippen molar-refractivity contribution in [3.05, 3.63) is 35.0 Å². The van der Waals surface area contributed by atoms with Crippen LogP contribution in [-0.4, -0.2) is 21.8 Å². The molecule has 0 aliphatic carbocycles. The summed E-state index contributed by atoms with van der Waals surface area (Å²) in [6.07, 6.45) is 2.31. The highest BCUT2D eigenvalue weighted by atomic mass is 32.2. The number of pyridine rings is 1. The zero-order valence-corrected chi connectivity index (χ0v) is 11.2. The fraction of sp³-hybridized carbons (Fsp3) is 0.385. The first-order valence-corrected chi connectivity index (χ1v) is 6.52. The van der Waals surface area contributed by atoms with Gasteiger partial charge < -0.3 is 5.11 Å². The van der Waals surface area contributed by atoms with Crippen molar-refractivity contribution in [1.29, 1.82) is 0 Å². The Morgan fingerprint density at radius 1 is 1.47 bits per heavy atom. The monoisotopic (exact) mass is 251 g/mol. The third-order valence-corrected chi connectivity index (χ3v) is 3.13. The van der Waals surface area contributed by atoms with Gasteiger partial charge in [0.1, 0.15) is 0 Å². The van der Waals surface area contributed by atoms with E-state index in [1.165, 1.54) is 5.56 Å². The van der Waals surface area contributed by atoms with Crippen LogP contribution in [0.2, 0.25) is 0 Å². The van der Waals surface area contributed by atoms with E-state index in [1.807, 2.05) is 32.9 Å². The molecule has 4 heteroatoms. The molecule has 3 nitrogen and oxygen atoms in total. The van der Waals surface area contributed by atoms with Crippen LogP contribution in [0.4, 0.5) is 0 Å². The minimum Gasteiger partial charge on any atom is -0.478 e. The van der Waals surface area contributed by atoms with Crippen molar-refractivity contribution in [2.24, 2.45) is 0 Å². The third-order valence-electron chi connectivity index (χ3n) is 2.29. The Morgan fingerprint density at radius 2 is 2.18 bits per heavy atom. The van der Waals surface area contributed by atoms with Crippen LogP contribution >= 0.6 is 11.8 Å². The van der Waals surface area contributed by atoms with E-state index in [4.69, 9.17) is 5.11 Å². The van der Waals surface area contributed by atoms with Gasteiger partial charge in [-0.15, -0.1) is 11.8 Å². The lowest BCUT2D eigenvalue weighted by molar-refractivity contribution is -0.132. The largest absolute Gasteiger partial charge is 0.478 e. The van der Waals surface area contributed by atoms with Gasteiger partial charge in [0, 0.05) is 17.0 Å². The second kappa shape index (κ2) is 6.45. The molecule has 1 aromatic rings. The summed E-state index contributed by atoms with van der Waals surface area (Å²) in [4.78, 5) is 15.2. The first-order chi connectivity index (χ1) is 8.02. The van der Waals surface area contributed by atoms with Gasteiger partial charge in [0.05, 0.1) is 5.03 Å². The number of aryl methyl sites for hydroxylation is 2. The predicted octanol–water partition coefficient (Wildman–Crippen LogP) is 3.21. The molecule has 1 rings (SSSR count). The van der Waals surface area contributed by atoms with Crippen LogP contribution in [0.5, 0.6) is 0 Å². The van der Waals surface area contributed by atoms with Crippen molar-refractivity contribution in [1.82, 2.24) is 4.98 Å². The van der Waals surface area contributed by atoms with Gasteiger partial charge in [0.25, 0.3) is 0 Å². The van der Waals surface area contributed by atoms with E-state index in [0.29, 0.717) is 17.7 Å². The Hall–Kier alpha value is -1.29. The van der Waals surface area contributed by atoms with E-state index < -0.39 is 5.97 Å². The topological polar surface area (TPSA) is 50.2 Å². The van der Waals surface area contributed by atoms with Gasteiger partial charge in [0.15, 0.2) is 0 Å². The highest BCUT2D eigenvalue weighted by Crippen LogP contribution is 2.18. The Morgan fingerprint density at radius 3 is 2.71 bits per heavy atom. The summed E-state index contributed by atoms with van der Waals surface area (Å²) < 4.78 is 0. The summed E-state index contributed by atoms with van der Waals surface area (Å²) in [5.41, 5.74) is 2.63. The van der Waals surface area contributed by atoms with Crippen LogP contribution in [0.3, 0.4) is 0 Å². The van der Waals surface area contributed by atoms with Crippen LogP contribution in [0.1, 0.15) is 24.6 Å². The van der Waals surface area contributed by atoms with Crippen LogP contribution < -0.4 is 0 Å². The second-order valence-electron chi connectivity index (χ2n) is 3.82. The van der Waals surface area contributed by atoms with E-state index in [9.17, 15) is 4.79 Å². The number of carboxylic acid groups (broad SMARTS) is 1. The molecule has 0 fully saturated rings. The van der Waals surface area contributed by atoms with Gasteiger partial charge in [-0.2, -0.15) is 0 Å². The van der Waals surface area contributed by atoms with Crippen LogP contribution in [-0.2, 0) is 4.79 Å². The molecule has 1 N–H and O–H groups in total. The van der Waals surface area contributed by atoms with Crippen LogP contribution in [0.25, 0.3) is 0 Å². The fourth-order valence-corrected chi connectivity index (χ4v) is 2.42. The van der Waals surface area contributed by atoms with Crippen LogP contribution in [0, 0.1) is 13.8 Å². The Kier molecular flexibility index (Phi) is 5.22. The fourth-order valence-electron chi connectivity index (χ4n) is 1.49. The lowest BCUT2D eigenvalue weighted by Crippen LogP contribution is -1.99. The summed E-state index contributed by atoms with van der Waals surface area (Å²) >= 11 is 1.56. The molecule has 0 amide bonds. The number of thioether (sulfide) groups is 1. The maximum Gasteiger partial charge on any atom is 0.331 e. The van der Waals surface area contributed by atoms with Crippen molar-refractivity contribution >= 4 is 17.7 Å². The molecule has 0 aliphatic heterocycles. The summed E-state index contributed by atoms with van der Waals surface area (Å²) in [5, 5.41) is 9.81. The van der Waals surface area contributed by atoms with Gasteiger partial charge in [-0.1, -0.05) is 13.0 Å². The van der Waals surface area contributed by atoms with E-state index in [-0.39, 0.29) is 0 Å². The van der Waals surface area contributed by atoms with Crippen molar-refractivity contribution in [2.45, 2.75) is 32.2 Å². The van der Waals surface area contributed by atoms with E-state index in [0.717, 1.165) is 10.7 Å². The zero-order valence-electron chi connectivity index (χ0n) is 10.4. The van der Waals surface area contributed by atoms with Crippen molar-refractivity contribution in [3.8, 4) is 0 Å². The van der Waals surface area contributed by atoms with Gasteiger partial charge >= 0.3 is 5.97 Å². The van der Waals surface area contributed by atoms with Crippen molar-refractivity contribution in [2.75, 3.05) is 5.75 Å². The first kappa shape index (κ1) is 13.8. The average molecular weight is 251 g/mol. The normalized spacial score (nSPS) is 11.6. The number of aliphatic carboxylic acids is 1. The lowest BCUT2D eigenvalue weighted by Gasteiger charge is -2.02. The molecule has 0 bridgehead atoms. The minimum absolute atomic E-state index is 0.460. The number of hydrogen-bond acceptors (Lipinski definition) is 3. The molecule has 0 atom stereocenters. The Bertz CT molecular complexity index is 421. The number of hydrogen-bond donors (Lipinski definition) is 1. The van der Waals surface area contributed by atoms with Crippen LogP contribution in [0.15, 0.2) is 28.8 Å². The molecule has 0 radical (unpaired) electrons. The summed E-state index contributed by atoms with van der Waals surface area (Å²) in [7, 11) is 0. The average Bonchev–Trinajstić information content (AvgIpc) is 2.22. The molecule has 92 valence electrons. The van der Waals surface area contributed by atoms with Gasteiger partial charge in [-0.05, 0) is 38.0 Å². The molecule has 0 spiro atoms. The molecule has 0 unspecified atom stereocenters. The summed E-state index contributed by atoms with van der Waals surface area (Å²) in [5.74, 6) is -0.188. The number of rotatable bonds is 5. The van der Waals surface area contributed by atoms with Gasteiger partial charge in [-0.25, -0.2) is 9.78 Å². The maximum atomic E-state index is 10.8. The second-order valence-corrected chi connectivity index (χ2v) is 4.86. The number of nitrogens with zero attached hydrogens (tertiary/aromatic N) is 1. The molecule has 0 saturated heterocycles. The highest BCUT2D eigenvalue weighted by molar-refractivity contribution is 7.99. The van der Waals surface area contributed by atoms with Gasteiger partial charge in [0.2, 0.25) is 0 Å². The first-order valence-electron chi connectivity index (χ1n) is 5.53. The van der Waals surface area contributed by atoms with Crippen molar-refractivity contribution < 1.29 is 9.90 Å². The summed E-state index contributed by atoms with van der Waals surface area (Å²) in [6, 6.07) is 4.03. The number of aromatic nitrogens is 1. The molecular formula is C13H17NO2S. The molecule has 17 heavy (non-hydrogen) atoms. The highest BCUT2D eigenvalue weighted by Gasteiger charge is 2.03. The lowest BCUT2D eigenvalue weighted by atomic mass is 10.2. The quantitative estimate of drug-likeness (QED) is 0.645. The Balaban J connectivity index is 2.64. The SMILES string of the molecule is CC/C(=C/CSc1cc(C)cc(C)n1)C(=O)O. The molecule has 0 aromatic carbocycles. The summed E-state index contributed by atoms with van der Waals surface area (Å²) in [6.45, 7) is 5.84. The molecule has 0 saturated carbocycles. The Labute approximate surface area is 106 Å².